The van der Waals surface area contributed by atoms with Crippen LogP contribution in [0.1, 0.15) is 31.9 Å². The molecule has 0 fully saturated rings. The predicted octanol–water partition coefficient (Wildman–Crippen LogP) is 3.09. The van der Waals surface area contributed by atoms with Gasteiger partial charge in [-0.15, -0.1) is 11.8 Å². The molecular weight excluding hydrogens is 306 g/mol. The summed E-state index contributed by atoms with van der Waals surface area (Å²) in [6, 6.07) is 5.40. The smallest absolute Gasteiger partial charge is 0.326 e. The summed E-state index contributed by atoms with van der Waals surface area (Å²) in [5.74, 6) is 0.725. The molecule has 1 aromatic rings. The molecule has 0 saturated heterocycles. The fourth-order valence-corrected chi connectivity index (χ4v) is 3.10. The van der Waals surface area contributed by atoms with E-state index in [0.29, 0.717) is 17.1 Å². The van der Waals surface area contributed by atoms with Crippen molar-refractivity contribution < 1.29 is 19.2 Å². The molecule has 2 atom stereocenters. The summed E-state index contributed by atoms with van der Waals surface area (Å²) in [7, 11) is 1.53. The highest BCUT2D eigenvalue weighted by Gasteiger charge is 2.40. The van der Waals surface area contributed by atoms with Crippen LogP contribution in [-0.2, 0) is 9.53 Å². The molecule has 22 heavy (non-hydrogen) atoms. The van der Waals surface area contributed by atoms with Crippen LogP contribution in [0.4, 0.5) is 0 Å². The molecule has 6 nitrogen and oxygen atoms in total. The zero-order valence-corrected chi connectivity index (χ0v) is 13.8. The topological polar surface area (TPSA) is 78.7 Å². The zero-order chi connectivity index (χ0) is 16.5. The van der Waals surface area contributed by atoms with Crippen molar-refractivity contribution >= 4 is 17.7 Å². The second kappa shape index (κ2) is 9.30. The molecule has 0 N–H and O–H groups in total. The van der Waals surface area contributed by atoms with Gasteiger partial charge in [0.15, 0.2) is 5.25 Å². The van der Waals surface area contributed by atoms with E-state index >= 15 is 0 Å². The first-order chi connectivity index (χ1) is 10.5. The number of methoxy groups -OCH3 is 1. The van der Waals surface area contributed by atoms with E-state index in [1.807, 2.05) is 6.92 Å². The Morgan fingerprint density at radius 2 is 1.95 bits per heavy atom. The third kappa shape index (κ3) is 4.91. The first-order valence-electron chi connectivity index (χ1n) is 7.10. The van der Waals surface area contributed by atoms with Gasteiger partial charge in [-0.3, -0.25) is 14.9 Å². The normalized spacial score (nSPS) is 13.2. The van der Waals surface area contributed by atoms with Crippen molar-refractivity contribution in [2.75, 3.05) is 19.5 Å². The van der Waals surface area contributed by atoms with Crippen LogP contribution >= 0.6 is 11.8 Å². The van der Waals surface area contributed by atoms with Gasteiger partial charge in [-0.25, -0.2) is 0 Å². The Balaban J connectivity index is 3.10. The Bertz CT molecular complexity index is 491. The lowest BCUT2D eigenvalue weighted by Crippen LogP contribution is -2.32. The van der Waals surface area contributed by atoms with Crippen molar-refractivity contribution in [3.63, 3.8) is 0 Å². The minimum Gasteiger partial charge on any atom is -0.497 e. The highest BCUT2D eigenvalue weighted by molar-refractivity contribution is 8.00. The third-order valence-electron chi connectivity index (χ3n) is 2.99. The van der Waals surface area contributed by atoms with Crippen molar-refractivity contribution in [2.24, 2.45) is 0 Å². The van der Waals surface area contributed by atoms with Gasteiger partial charge in [-0.05, 0) is 43.4 Å². The Labute approximate surface area is 134 Å². The van der Waals surface area contributed by atoms with Crippen LogP contribution in [0.5, 0.6) is 5.75 Å². The molecule has 7 heteroatoms. The number of carbonyl (C=O) groups excluding carboxylic acids is 1. The largest absolute Gasteiger partial charge is 0.497 e. The van der Waals surface area contributed by atoms with E-state index in [1.54, 1.807) is 31.2 Å². The lowest BCUT2D eigenvalue weighted by Gasteiger charge is -2.19. The van der Waals surface area contributed by atoms with Gasteiger partial charge < -0.3 is 9.47 Å². The molecule has 0 saturated carbocycles. The summed E-state index contributed by atoms with van der Waals surface area (Å²) in [5, 5.41) is 10.7. The fraction of sp³-hybridized carbons (Fsp3) is 0.533. The molecule has 0 aromatic heterocycles. The average molecular weight is 327 g/mol. The summed E-state index contributed by atoms with van der Waals surface area (Å²) >= 11 is 1.26. The Hall–Kier alpha value is -1.76. The van der Waals surface area contributed by atoms with Gasteiger partial charge in [0.05, 0.1) is 13.7 Å². The van der Waals surface area contributed by atoms with E-state index < -0.39 is 22.2 Å². The zero-order valence-electron chi connectivity index (χ0n) is 13.0. The van der Waals surface area contributed by atoms with Crippen molar-refractivity contribution in [1.29, 1.82) is 0 Å². The maximum absolute atomic E-state index is 12.1. The van der Waals surface area contributed by atoms with Crippen LogP contribution < -0.4 is 4.74 Å². The van der Waals surface area contributed by atoms with E-state index in [4.69, 9.17) is 9.47 Å². The lowest BCUT2D eigenvalue weighted by molar-refractivity contribution is -0.526. The molecule has 0 aliphatic rings. The number of carbonyl (C=O) groups is 1. The van der Waals surface area contributed by atoms with E-state index in [0.717, 1.165) is 6.42 Å². The van der Waals surface area contributed by atoms with Crippen molar-refractivity contribution in [3.8, 4) is 5.75 Å². The van der Waals surface area contributed by atoms with Crippen LogP contribution in [0, 0.1) is 10.1 Å². The van der Waals surface area contributed by atoms with Crippen molar-refractivity contribution in [1.82, 2.24) is 0 Å². The molecule has 0 spiro atoms. The molecule has 0 radical (unpaired) electrons. The highest BCUT2D eigenvalue weighted by Crippen LogP contribution is 2.32. The average Bonchev–Trinajstić information content (AvgIpc) is 2.51. The van der Waals surface area contributed by atoms with E-state index in [1.165, 1.54) is 18.9 Å². The number of benzene rings is 1. The number of hydrogen-bond donors (Lipinski definition) is 0. The predicted molar refractivity (Wildman–Crippen MR) is 85.9 cm³/mol. The Morgan fingerprint density at radius 3 is 2.41 bits per heavy atom. The minimum atomic E-state index is -1.14. The third-order valence-corrected chi connectivity index (χ3v) is 4.44. The maximum Gasteiger partial charge on any atom is 0.326 e. The standard InChI is InChI=1S/C15H21NO5S/c1-4-10-22-14(15(17)21-5-2)13(16(18)19)11-6-8-12(20-3)9-7-11/h6-9,13-14H,4-5,10H2,1-3H3. The lowest BCUT2D eigenvalue weighted by atomic mass is 10.0. The monoisotopic (exact) mass is 327 g/mol. The molecule has 0 aliphatic heterocycles. The Kier molecular flexibility index (Phi) is 7.73. The molecule has 0 aliphatic carbocycles. The number of thioether (sulfide) groups is 1. The first kappa shape index (κ1) is 18.3. The van der Waals surface area contributed by atoms with E-state index in [9.17, 15) is 14.9 Å². The van der Waals surface area contributed by atoms with E-state index in [-0.39, 0.29) is 6.61 Å². The SMILES string of the molecule is CCCSC(C(=O)OCC)C(c1ccc(OC)cc1)[N+](=O)[O-]. The summed E-state index contributed by atoms with van der Waals surface area (Å²) in [5.41, 5.74) is 0.465. The summed E-state index contributed by atoms with van der Waals surface area (Å²) in [6.45, 7) is 3.85. The fourth-order valence-electron chi connectivity index (χ4n) is 1.97. The number of nitro groups is 1. The second-order valence-corrected chi connectivity index (χ2v) is 5.80. The van der Waals surface area contributed by atoms with Crippen LogP contribution in [0.25, 0.3) is 0 Å². The van der Waals surface area contributed by atoms with Crippen LogP contribution in [-0.4, -0.2) is 35.6 Å². The summed E-state index contributed by atoms with van der Waals surface area (Å²) in [6.07, 6.45) is 0.827. The second-order valence-electron chi connectivity index (χ2n) is 4.55. The molecule has 1 rings (SSSR count). The highest BCUT2D eigenvalue weighted by atomic mass is 32.2. The summed E-state index contributed by atoms with van der Waals surface area (Å²) in [4.78, 5) is 23.2. The number of esters is 1. The molecule has 2 unspecified atom stereocenters. The van der Waals surface area contributed by atoms with Crippen LogP contribution in [0.2, 0.25) is 0 Å². The van der Waals surface area contributed by atoms with Gasteiger partial charge in [-0.2, -0.15) is 0 Å². The Morgan fingerprint density at radius 1 is 1.32 bits per heavy atom. The maximum atomic E-state index is 12.1. The van der Waals surface area contributed by atoms with Crippen molar-refractivity contribution in [3.05, 3.63) is 39.9 Å². The van der Waals surface area contributed by atoms with Gasteiger partial charge in [0.2, 0.25) is 0 Å². The molecule has 0 bridgehead atoms. The van der Waals surface area contributed by atoms with Gasteiger partial charge in [0.25, 0.3) is 6.04 Å². The first-order valence-corrected chi connectivity index (χ1v) is 8.15. The number of ether oxygens (including phenoxy) is 2. The number of hydrogen-bond acceptors (Lipinski definition) is 6. The molecule has 0 heterocycles. The van der Waals surface area contributed by atoms with Gasteiger partial charge in [-0.1, -0.05) is 6.92 Å². The van der Waals surface area contributed by atoms with Crippen LogP contribution in [0.15, 0.2) is 24.3 Å². The van der Waals surface area contributed by atoms with Gasteiger partial charge >= 0.3 is 5.97 Å². The number of nitrogens with zero attached hydrogens (tertiary/aromatic N) is 1. The van der Waals surface area contributed by atoms with Crippen LogP contribution in [0.3, 0.4) is 0 Å². The molecule has 122 valence electrons. The molecule has 1 aromatic carbocycles. The molecular formula is C15H21NO5S. The minimum absolute atomic E-state index is 0.203. The quantitative estimate of drug-likeness (QED) is 0.394. The molecule has 0 amide bonds. The van der Waals surface area contributed by atoms with E-state index in [2.05, 4.69) is 0 Å². The van der Waals surface area contributed by atoms with Crippen molar-refractivity contribution in [2.45, 2.75) is 31.6 Å². The summed E-state index contributed by atoms with van der Waals surface area (Å²) < 4.78 is 10.1. The van der Waals surface area contributed by atoms with Gasteiger partial charge in [0, 0.05) is 10.5 Å². The van der Waals surface area contributed by atoms with Gasteiger partial charge in [0.1, 0.15) is 5.75 Å². The number of rotatable bonds is 9.